The normalized spacial score (nSPS) is 10.1. The second-order valence-corrected chi connectivity index (χ2v) is 2.30. The van der Waals surface area contributed by atoms with Crippen molar-refractivity contribution in [1.29, 1.82) is 0 Å². The lowest BCUT2D eigenvalue weighted by atomic mass is 10.2. The van der Waals surface area contributed by atoms with E-state index in [1.54, 1.807) is 7.11 Å². The highest BCUT2D eigenvalue weighted by Crippen LogP contribution is 2.00. The molecule has 0 atom stereocenters. The van der Waals surface area contributed by atoms with Gasteiger partial charge in [-0.15, -0.1) is 0 Å². The van der Waals surface area contributed by atoms with Gasteiger partial charge in [0.2, 0.25) is 0 Å². The molecule has 0 aromatic heterocycles. The molecular weight excluding hydrogens is 152 g/mol. The van der Waals surface area contributed by atoms with Crippen LogP contribution in [-0.2, 0) is 16.1 Å². The minimum absolute atomic E-state index is 0.584. The van der Waals surface area contributed by atoms with Crippen LogP contribution in [0.25, 0.3) is 0 Å². The van der Waals surface area contributed by atoms with Crippen molar-refractivity contribution in [2.75, 3.05) is 7.11 Å². The highest BCUT2D eigenvalue weighted by atomic mass is 16.5. The van der Waals surface area contributed by atoms with Crippen molar-refractivity contribution in [1.82, 2.24) is 0 Å². The van der Waals surface area contributed by atoms with Gasteiger partial charge >= 0.3 is 0 Å². The highest BCUT2D eigenvalue weighted by Gasteiger charge is 1.86. The zero-order valence-electron chi connectivity index (χ0n) is 7.07. The Bertz CT molecular complexity index is 229. The molecule has 0 N–H and O–H groups in total. The first-order chi connectivity index (χ1) is 5.93. The van der Waals surface area contributed by atoms with Crippen molar-refractivity contribution >= 4 is 0 Å². The predicted molar refractivity (Wildman–Crippen MR) is 47.4 cm³/mol. The van der Waals surface area contributed by atoms with E-state index in [1.807, 2.05) is 30.3 Å². The first-order valence-corrected chi connectivity index (χ1v) is 3.77. The number of benzene rings is 1. The Kier molecular flexibility index (Phi) is 3.78. The van der Waals surface area contributed by atoms with Gasteiger partial charge in [-0.05, 0) is 5.56 Å². The van der Waals surface area contributed by atoms with Crippen LogP contribution >= 0.6 is 0 Å². The van der Waals surface area contributed by atoms with Crippen LogP contribution in [0.3, 0.4) is 0 Å². The molecule has 2 nitrogen and oxygen atoms in total. The molecule has 1 aromatic carbocycles. The van der Waals surface area contributed by atoms with Crippen molar-refractivity contribution in [3.05, 3.63) is 48.4 Å². The third-order valence-corrected chi connectivity index (χ3v) is 1.38. The zero-order valence-corrected chi connectivity index (χ0v) is 7.07. The molecule has 0 aliphatic heterocycles. The lowest BCUT2D eigenvalue weighted by molar-refractivity contribution is 0.217. The highest BCUT2D eigenvalue weighted by molar-refractivity contribution is 5.13. The van der Waals surface area contributed by atoms with E-state index in [4.69, 9.17) is 4.74 Å². The van der Waals surface area contributed by atoms with E-state index in [0.29, 0.717) is 6.61 Å². The molecule has 0 saturated heterocycles. The average molecular weight is 164 g/mol. The molecule has 0 bridgehead atoms. The van der Waals surface area contributed by atoms with Gasteiger partial charge in [0.05, 0.1) is 7.11 Å². The van der Waals surface area contributed by atoms with Crippen LogP contribution in [-0.4, -0.2) is 7.11 Å². The Hall–Kier alpha value is -1.44. The summed E-state index contributed by atoms with van der Waals surface area (Å²) in [7, 11) is 1.59. The molecule has 0 radical (unpaired) electrons. The van der Waals surface area contributed by atoms with Crippen LogP contribution < -0.4 is 0 Å². The molecule has 64 valence electrons. The summed E-state index contributed by atoms with van der Waals surface area (Å²) >= 11 is 0. The average Bonchev–Trinajstić information content (AvgIpc) is 2.14. The fourth-order valence-electron chi connectivity index (χ4n) is 0.813. The third-order valence-electron chi connectivity index (χ3n) is 1.38. The van der Waals surface area contributed by atoms with E-state index in [-0.39, 0.29) is 0 Å². The first kappa shape index (κ1) is 8.65. The zero-order chi connectivity index (χ0) is 8.65. The molecule has 0 unspecified atom stereocenters. The summed E-state index contributed by atoms with van der Waals surface area (Å²) in [6, 6.07) is 9.98. The summed E-state index contributed by atoms with van der Waals surface area (Å²) in [5.41, 5.74) is 1.15. The van der Waals surface area contributed by atoms with Crippen LogP contribution in [0.2, 0.25) is 0 Å². The maximum absolute atomic E-state index is 5.15. The number of ether oxygens (including phenoxy) is 2. The van der Waals surface area contributed by atoms with Crippen molar-refractivity contribution < 1.29 is 9.47 Å². The Morgan fingerprint density at radius 2 is 1.92 bits per heavy atom. The van der Waals surface area contributed by atoms with Crippen molar-refractivity contribution in [2.45, 2.75) is 6.61 Å². The predicted octanol–water partition coefficient (Wildman–Crippen LogP) is 2.32. The second-order valence-electron chi connectivity index (χ2n) is 2.30. The van der Waals surface area contributed by atoms with Gasteiger partial charge in [0.25, 0.3) is 0 Å². The summed E-state index contributed by atoms with van der Waals surface area (Å²) in [5.74, 6) is 0. The fourth-order valence-corrected chi connectivity index (χ4v) is 0.813. The van der Waals surface area contributed by atoms with E-state index >= 15 is 0 Å². The molecule has 12 heavy (non-hydrogen) atoms. The molecule has 0 amide bonds. The summed E-state index contributed by atoms with van der Waals surface area (Å²) in [6.07, 6.45) is 3.04. The number of hydrogen-bond donors (Lipinski definition) is 0. The van der Waals surface area contributed by atoms with E-state index in [9.17, 15) is 0 Å². The second kappa shape index (κ2) is 5.24. The lowest BCUT2D eigenvalue weighted by Crippen LogP contribution is -1.84. The van der Waals surface area contributed by atoms with E-state index < -0.39 is 0 Å². The van der Waals surface area contributed by atoms with Crippen LogP contribution in [0.5, 0.6) is 0 Å². The molecule has 0 saturated carbocycles. The van der Waals surface area contributed by atoms with Crippen molar-refractivity contribution in [3.63, 3.8) is 0 Å². The van der Waals surface area contributed by atoms with E-state index in [0.717, 1.165) is 5.56 Å². The molecular formula is C10H12O2. The Labute approximate surface area is 72.4 Å². The maximum Gasteiger partial charge on any atom is 0.118 e. The standard InChI is InChI=1S/C10H12O2/c1-11-7-8-12-9-10-5-3-2-4-6-10/h2-8H,9H2,1H3/b8-7-. The first-order valence-electron chi connectivity index (χ1n) is 3.77. The minimum Gasteiger partial charge on any atom is -0.501 e. The number of rotatable bonds is 4. The summed E-state index contributed by atoms with van der Waals surface area (Å²) < 4.78 is 9.83. The van der Waals surface area contributed by atoms with Gasteiger partial charge in [-0.1, -0.05) is 30.3 Å². The fraction of sp³-hybridized carbons (Fsp3) is 0.200. The molecule has 0 spiro atoms. The molecule has 0 aliphatic carbocycles. The van der Waals surface area contributed by atoms with Crippen LogP contribution in [0.1, 0.15) is 5.56 Å². The summed E-state index contributed by atoms with van der Waals surface area (Å²) in [4.78, 5) is 0. The van der Waals surface area contributed by atoms with Gasteiger partial charge < -0.3 is 9.47 Å². The third kappa shape index (κ3) is 3.10. The Morgan fingerprint density at radius 3 is 2.58 bits per heavy atom. The lowest BCUT2D eigenvalue weighted by Gasteiger charge is -1.99. The van der Waals surface area contributed by atoms with Gasteiger partial charge in [-0.25, -0.2) is 0 Å². The number of methoxy groups -OCH3 is 1. The minimum atomic E-state index is 0.584. The monoisotopic (exact) mass is 164 g/mol. The van der Waals surface area contributed by atoms with E-state index in [1.165, 1.54) is 12.5 Å². The van der Waals surface area contributed by atoms with Crippen LogP contribution in [0.4, 0.5) is 0 Å². The quantitative estimate of drug-likeness (QED) is 0.636. The van der Waals surface area contributed by atoms with Gasteiger partial charge in [0, 0.05) is 0 Å². The van der Waals surface area contributed by atoms with Gasteiger partial charge in [-0.2, -0.15) is 0 Å². The van der Waals surface area contributed by atoms with Gasteiger partial charge in [0.1, 0.15) is 19.1 Å². The van der Waals surface area contributed by atoms with E-state index in [2.05, 4.69) is 4.74 Å². The summed E-state index contributed by atoms with van der Waals surface area (Å²) in [5, 5.41) is 0. The van der Waals surface area contributed by atoms with Gasteiger partial charge in [0.15, 0.2) is 0 Å². The molecule has 2 heteroatoms. The smallest absolute Gasteiger partial charge is 0.118 e. The molecule has 1 aromatic rings. The van der Waals surface area contributed by atoms with Crippen molar-refractivity contribution in [2.24, 2.45) is 0 Å². The molecule has 0 aliphatic rings. The maximum atomic E-state index is 5.15. The summed E-state index contributed by atoms with van der Waals surface area (Å²) in [6.45, 7) is 0.584. The van der Waals surface area contributed by atoms with Crippen LogP contribution in [0, 0.1) is 0 Å². The topological polar surface area (TPSA) is 18.5 Å². The molecule has 0 fully saturated rings. The van der Waals surface area contributed by atoms with Crippen LogP contribution in [0.15, 0.2) is 42.9 Å². The molecule has 0 heterocycles. The number of hydrogen-bond acceptors (Lipinski definition) is 2. The molecule has 1 rings (SSSR count). The van der Waals surface area contributed by atoms with Crippen molar-refractivity contribution in [3.8, 4) is 0 Å². The van der Waals surface area contributed by atoms with Gasteiger partial charge in [-0.3, -0.25) is 0 Å². The SMILES string of the molecule is CO/C=C\OCc1ccccc1. The Morgan fingerprint density at radius 1 is 1.17 bits per heavy atom. The Balaban J connectivity index is 2.29. The largest absolute Gasteiger partial charge is 0.501 e.